The zero-order valence-corrected chi connectivity index (χ0v) is 17.7. The summed E-state index contributed by atoms with van der Waals surface area (Å²) < 4.78 is 15.1. The first kappa shape index (κ1) is 16.6. The third kappa shape index (κ3) is 2.32. The molecule has 3 aromatic carbocycles. The third-order valence-corrected chi connectivity index (χ3v) is 6.64. The lowest BCUT2D eigenvalue weighted by Crippen LogP contribution is -2.18. The number of benzene rings is 3. The van der Waals surface area contributed by atoms with Crippen molar-refractivity contribution >= 4 is 32.8 Å². The Morgan fingerprint density at radius 1 is 0.900 bits per heavy atom. The highest BCUT2D eigenvalue weighted by molar-refractivity contribution is 6.08. The molecule has 2 heterocycles. The molecule has 0 atom stereocenters. The molecule has 1 aliphatic carbocycles. The van der Waals surface area contributed by atoms with E-state index in [-0.39, 0.29) is 10.8 Å². The van der Waals surface area contributed by atoms with Crippen molar-refractivity contribution in [1.29, 1.82) is 0 Å². The maximum Gasteiger partial charge on any atom is 0.180 e. The molecule has 0 bridgehead atoms. The van der Waals surface area contributed by atoms with Crippen LogP contribution in [0.2, 0.25) is 0 Å². The van der Waals surface area contributed by atoms with Gasteiger partial charge in [-0.15, -0.1) is 0 Å². The number of hydrogen-bond donors (Lipinski definition) is 0. The average Bonchev–Trinajstić information content (AvgIpc) is 3.19. The van der Waals surface area contributed by atoms with Crippen LogP contribution < -0.4 is 0 Å². The SMILES string of the molecule is [2H]c1cc(-c2ncnc3c2oc2c4c(ccc23)C(C)(C)CC4(C)C)cc2ccccc12. The molecule has 0 aliphatic heterocycles. The van der Waals surface area contributed by atoms with Crippen LogP contribution >= 0.6 is 0 Å². The highest BCUT2D eigenvalue weighted by atomic mass is 16.3. The van der Waals surface area contributed by atoms with Crippen molar-refractivity contribution in [2.45, 2.75) is 44.9 Å². The molecule has 0 unspecified atom stereocenters. The van der Waals surface area contributed by atoms with Crippen molar-refractivity contribution < 1.29 is 5.79 Å². The molecule has 0 N–H and O–H groups in total. The lowest BCUT2D eigenvalue weighted by atomic mass is 9.82. The van der Waals surface area contributed by atoms with Crippen LogP contribution in [0.25, 0.3) is 44.1 Å². The van der Waals surface area contributed by atoms with E-state index in [1.807, 2.05) is 30.3 Å². The Morgan fingerprint density at radius 2 is 1.70 bits per heavy atom. The van der Waals surface area contributed by atoms with Crippen LogP contribution in [0.4, 0.5) is 0 Å². The van der Waals surface area contributed by atoms with E-state index in [9.17, 15) is 0 Å². The summed E-state index contributed by atoms with van der Waals surface area (Å²) in [7, 11) is 0. The van der Waals surface area contributed by atoms with Crippen LogP contribution in [-0.4, -0.2) is 9.97 Å². The zero-order chi connectivity index (χ0) is 21.5. The molecule has 0 saturated heterocycles. The van der Waals surface area contributed by atoms with Crippen LogP contribution in [0, 0.1) is 0 Å². The van der Waals surface area contributed by atoms with Crippen molar-refractivity contribution in [2.75, 3.05) is 0 Å². The maximum atomic E-state index is 8.49. The largest absolute Gasteiger partial charge is 0.452 e. The van der Waals surface area contributed by atoms with E-state index < -0.39 is 0 Å². The second-order valence-corrected chi connectivity index (χ2v) is 9.79. The first-order valence-corrected chi connectivity index (χ1v) is 10.5. The number of hydrogen-bond acceptors (Lipinski definition) is 3. The molecule has 2 aromatic heterocycles. The molecule has 0 saturated carbocycles. The predicted molar refractivity (Wildman–Crippen MR) is 123 cm³/mol. The summed E-state index contributed by atoms with van der Waals surface area (Å²) in [5, 5.41) is 3.00. The van der Waals surface area contributed by atoms with Crippen molar-refractivity contribution in [3.8, 4) is 11.3 Å². The van der Waals surface area contributed by atoms with Gasteiger partial charge in [-0.3, -0.25) is 0 Å². The van der Waals surface area contributed by atoms with Crippen molar-refractivity contribution in [3.05, 3.63) is 72.0 Å². The average molecular weight is 394 g/mol. The molecular weight excluding hydrogens is 368 g/mol. The fraction of sp³-hybridized carbons (Fsp3) is 0.259. The van der Waals surface area contributed by atoms with Gasteiger partial charge in [-0.1, -0.05) is 70.1 Å². The van der Waals surface area contributed by atoms with E-state index in [1.54, 1.807) is 6.33 Å². The topological polar surface area (TPSA) is 38.9 Å². The van der Waals surface area contributed by atoms with Gasteiger partial charge in [-0.25, -0.2) is 9.97 Å². The van der Waals surface area contributed by atoms with Crippen molar-refractivity contribution in [1.82, 2.24) is 9.97 Å². The van der Waals surface area contributed by atoms with Gasteiger partial charge in [0.25, 0.3) is 0 Å². The Kier molecular flexibility index (Phi) is 3.15. The summed E-state index contributed by atoms with van der Waals surface area (Å²) >= 11 is 0. The normalized spacial score (nSPS) is 17.5. The van der Waals surface area contributed by atoms with Crippen LogP contribution in [0.5, 0.6) is 0 Å². The second kappa shape index (κ2) is 5.69. The van der Waals surface area contributed by atoms with Crippen LogP contribution in [0.1, 0.15) is 46.6 Å². The standard InChI is InChI=1S/C27H24N2O/c1-26(2)14-27(3,4)21-20(26)12-11-19-23-25(30-24(19)21)22(28-15-29-23)18-10-9-16-7-5-6-8-17(16)13-18/h5-13,15H,14H2,1-4H3/i9D. The summed E-state index contributed by atoms with van der Waals surface area (Å²) in [6.45, 7) is 9.22. The summed E-state index contributed by atoms with van der Waals surface area (Å²) in [4.78, 5) is 9.19. The predicted octanol–water partition coefficient (Wildman–Crippen LogP) is 7.16. The molecule has 6 rings (SSSR count). The van der Waals surface area contributed by atoms with Gasteiger partial charge in [0.2, 0.25) is 0 Å². The Morgan fingerprint density at radius 3 is 2.53 bits per heavy atom. The fourth-order valence-electron chi connectivity index (χ4n) is 5.63. The Labute approximate surface area is 177 Å². The number of furan rings is 1. The van der Waals surface area contributed by atoms with Gasteiger partial charge in [-0.05, 0) is 45.7 Å². The summed E-state index contributed by atoms with van der Waals surface area (Å²) in [6.07, 6.45) is 2.69. The highest BCUT2D eigenvalue weighted by Crippen LogP contribution is 2.53. The van der Waals surface area contributed by atoms with E-state index in [1.165, 1.54) is 11.1 Å². The lowest BCUT2D eigenvalue weighted by molar-refractivity contribution is 0.402. The molecular formula is C27H24N2O. The monoisotopic (exact) mass is 393 g/mol. The van der Waals surface area contributed by atoms with E-state index >= 15 is 0 Å². The quantitative estimate of drug-likeness (QED) is 0.303. The molecule has 0 amide bonds. The minimum atomic E-state index is 0.0249. The van der Waals surface area contributed by atoms with Gasteiger partial charge >= 0.3 is 0 Å². The first-order valence-electron chi connectivity index (χ1n) is 11.0. The van der Waals surface area contributed by atoms with Gasteiger partial charge in [0.1, 0.15) is 23.1 Å². The molecule has 5 aromatic rings. The van der Waals surface area contributed by atoms with Crippen LogP contribution in [0.15, 0.2) is 65.3 Å². The smallest absolute Gasteiger partial charge is 0.180 e. The lowest BCUT2D eigenvalue weighted by Gasteiger charge is -2.22. The summed E-state index contributed by atoms with van der Waals surface area (Å²) in [6, 6.07) is 16.8. The maximum absolute atomic E-state index is 8.49. The first-order chi connectivity index (χ1) is 14.8. The van der Waals surface area contributed by atoms with E-state index in [0.29, 0.717) is 11.6 Å². The van der Waals surface area contributed by atoms with Gasteiger partial charge in [0, 0.05) is 16.5 Å². The zero-order valence-electron chi connectivity index (χ0n) is 18.7. The van der Waals surface area contributed by atoms with E-state index in [4.69, 9.17) is 5.79 Å². The molecule has 3 heteroatoms. The minimum absolute atomic E-state index is 0.0249. The molecule has 0 spiro atoms. The van der Waals surface area contributed by atoms with Crippen molar-refractivity contribution in [3.63, 3.8) is 0 Å². The molecule has 1 aliphatic rings. The minimum Gasteiger partial charge on any atom is -0.452 e. The molecule has 30 heavy (non-hydrogen) atoms. The molecule has 3 nitrogen and oxygen atoms in total. The van der Waals surface area contributed by atoms with Gasteiger partial charge < -0.3 is 4.42 Å². The Hall–Kier alpha value is -3.20. The van der Waals surface area contributed by atoms with Gasteiger partial charge in [0.05, 0.1) is 1.37 Å². The van der Waals surface area contributed by atoms with Crippen molar-refractivity contribution in [2.24, 2.45) is 0 Å². The molecule has 148 valence electrons. The molecule has 0 radical (unpaired) electrons. The summed E-state index contributed by atoms with van der Waals surface area (Å²) in [5.74, 6) is 0. The number of fused-ring (bicyclic) bond motifs is 6. The third-order valence-electron chi connectivity index (χ3n) is 6.64. The van der Waals surface area contributed by atoms with E-state index in [2.05, 4.69) is 55.9 Å². The fourth-order valence-corrected chi connectivity index (χ4v) is 5.63. The van der Waals surface area contributed by atoms with Crippen LogP contribution in [0.3, 0.4) is 0 Å². The van der Waals surface area contributed by atoms with E-state index in [0.717, 1.165) is 44.9 Å². The Bertz CT molecular complexity index is 1530. The van der Waals surface area contributed by atoms with Gasteiger partial charge in [-0.2, -0.15) is 0 Å². The Balaban J connectivity index is 1.68. The number of aromatic nitrogens is 2. The number of nitrogens with zero attached hydrogens (tertiary/aromatic N) is 2. The second-order valence-electron chi connectivity index (χ2n) is 9.79. The summed E-state index contributed by atoms with van der Waals surface area (Å²) in [5.41, 5.74) is 6.86. The van der Waals surface area contributed by atoms with Crippen LogP contribution in [-0.2, 0) is 10.8 Å². The molecule has 0 fully saturated rings. The highest BCUT2D eigenvalue weighted by Gasteiger charge is 2.44. The van der Waals surface area contributed by atoms with Gasteiger partial charge in [0.15, 0.2) is 5.58 Å². The number of rotatable bonds is 1.